The van der Waals surface area contributed by atoms with E-state index in [1.54, 1.807) is 0 Å². The van der Waals surface area contributed by atoms with E-state index in [1.165, 1.54) is 25.3 Å². The van der Waals surface area contributed by atoms with Gasteiger partial charge in [-0.3, -0.25) is 0 Å². The van der Waals surface area contributed by atoms with Gasteiger partial charge in [-0.05, 0) is 18.1 Å². The van der Waals surface area contributed by atoms with E-state index < -0.39 is 21.6 Å². The van der Waals surface area contributed by atoms with Gasteiger partial charge in [0.15, 0.2) is 9.84 Å². The molecule has 0 aliphatic carbocycles. The number of ether oxygens (including phenoxy) is 1. The second kappa shape index (κ2) is 8.25. The van der Waals surface area contributed by atoms with Gasteiger partial charge < -0.3 is 20.4 Å². The minimum atomic E-state index is -4.57. The first-order valence-electron chi connectivity index (χ1n) is 9.25. The zero-order valence-corrected chi connectivity index (χ0v) is 18.1. The summed E-state index contributed by atoms with van der Waals surface area (Å²) in [7, 11) is -2.08. The quantitative estimate of drug-likeness (QED) is 0.488. The van der Waals surface area contributed by atoms with Gasteiger partial charge in [0.1, 0.15) is 17.2 Å². The molecular formula is C19H22F3N5O3S. The van der Waals surface area contributed by atoms with Crippen molar-refractivity contribution >= 4 is 38.3 Å². The lowest BCUT2D eigenvalue weighted by Crippen LogP contribution is -2.12. The summed E-state index contributed by atoms with van der Waals surface area (Å²) < 4.78 is 69.1. The van der Waals surface area contributed by atoms with Crippen molar-refractivity contribution in [1.29, 1.82) is 0 Å². The van der Waals surface area contributed by atoms with E-state index in [1.807, 2.05) is 13.8 Å². The molecule has 2 aromatic heterocycles. The van der Waals surface area contributed by atoms with Crippen molar-refractivity contribution in [2.75, 3.05) is 30.5 Å². The summed E-state index contributed by atoms with van der Waals surface area (Å²) in [5.74, 6) is 0.422. The van der Waals surface area contributed by atoms with Gasteiger partial charge in [0.2, 0.25) is 5.95 Å². The average Bonchev–Trinajstić information content (AvgIpc) is 3.10. The first kappa shape index (κ1) is 22.7. The van der Waals surface area contributed by atoms with Crippen LogP contribution in [0, 0.1) is 5.92 Å². The van der Waals surface area contributed by atoms with Crippen LogP contribution in [0.1, 0.15) is 19.4 Å². The molecule has 3 aromatic rings. The highest BCUT2D eigenvalue weighted by atomic mass is 32.2. The topological polar surface area (TPSA) is 109 Å². The molecule has 0 aliphatic heterocycles. The molecule has 0 unspecified atom stereocenters. The Morgan fingerprint density at radius 1 is 1.23 bits per heavy atom. The number of fused-ring (bicyclic) bond motifs is 1. The highest BCUT2D eigenvalue weighted by Gasteiger charge is 2.35. The number of nitrogens with zero attached hydrogens (tertiary/aromatic N) is 2. The normalized spacial score (nSPS) is 12.4. The maximum Gasteiger partial charge on any atom is 0.418 e. The zero-order valence-electron chi connectivity index (χ0n) is 17.3. The standard InChI is InChI=1S/C19H22F3N5O3S/c1-10(2)8-23-16-15-12(19(20,21)22)9-24-17(15)27-18(26-16)25-13-6-5-11(31(4,28)29)7-14(13)30-3/h5-7,9-10H,8H2,1-4H3,(H3,23,24,25,26,27). The Hall–Kier alpha value is -3.02. The molecule has 0 aliphatic rings. The van der Waals surface area contributed by atoms with Crippen molar-refractivity contribution in [2.45, 2.75) is 24.9 Å². The molecule has 31 heavy (non-hydrogen) atoms. The Kier molecular flexibility index (Phi) is 6.03. The van der Waals surface area contributed by atoms with E-state index >= 15 is 0 Å². The van der Waals surface area contributed by atoms with E-state index in [2.05, 4.69) is 25.6 Å². The number of methoxy groups -OCH3 is 1. The number of aromatic nitrogens is 3. The fourth-order valence-corrected chi connectivity index (χ4v) is 3.50. The van der Waals surface area contributed by atoms with Gasteiger partial charge in [0, 0.05) is 25.1 Å². The number of anilines is 3. The number of halogens is 3. The molecule has 0 radical (unpaired) electrons. The average molecular weight is 457 g/mol. The first-order chi connectivity index (χ1) is 14.4. The van der Waals surface area contributed by atoms with Crippen LogP contribution in [0.4, 0.5) is 30.6 Å². The molecule has 0 fully saturated rings. The van der Waals surface area contributed by atoms with Crippen LogP contribution in [0.15, 0.2) is 29.3 Å². The third-order valence-electron chi connectivity index (χ3n) is 4.36. The number of sulfone groups is 1. The maximum absolute atomic E-state index is 13.4. The van der Waals surface area contributed by atoms with Gasteiger partial charge in [0.25, 0.3) is 0 Å². The molecule has 12 heteroatoms. The van der Waals surface area contributed by atoms with Crippen LogP contribution in [0.2, 0.25) is 0 Å². The minimum absolute atomic E-state index is 0.00260. The van der Waals surface area contributed by atoms with Gasteiger partial charge in [-0.15, -0.1) is 0 Å². The summed E-state index contributed by atoms with van der Waals surface area (Å²) in [5.41, 5.74) is -0.509. The summed E-state index contributed by atoms with van der Waals surface area (Å²) in [5, 5.41) is 5.68. The van der Waals surface area contributed by atoms with Gasteiger partial charge in [-0.25, -0.2) is 8.42 Å². The van der Waals surface area contributed by atoms with Crippen LogP contribution in [0.5, 0.6) is 5.75 Å². The number of hydrogen-bond donors (Lipinski definition) is 3. The van der Waals surface area contributed by atoms with Crippen molar-refractivity contribution in [2.24, 2.45) is 5.92 Å². The smallest absolute Gasteiger partial charge is 0.418 e. The molecule has 0 saturated carbocycles. The maximum atomic E-state index is 13.4. The van der Waals surface area contributed by atoms with Crippen LogP contribution < -0.4 is 15.4 Å². The number of aromatic amines is 1. The number of benzene rings is 1. The van der Waals surface area contributed by atoms with Crippen molar-refractivity contribution in [1.82, 2.24) is 15.0 Å². The lowest BCUT2D eigenvalue weighted by Gasteiger charge is -2.15. The summed E-state index contributed by atoms with van der Waals surface area (Å²) >= 11 is 0. The number of alkyl halides is 3. The molecular weight excluding hydrogens is 435 g/mol. The molecule has 3 N–H and O–H groups in total. The Morgan fingerprint density at radius 3 is 2.52 bits per heavy atom. The van der Waals surface area contributed by atoms with Gasteiger partial charge in [-0.2, -0.15) is 23.1 Å². The molecule has 0 atom stereocenters. The molecule has 0 bridgehead atoms. The van der Waals surface area contributed by atoms with E-state index in [0.717, 1.165) is 12.5 Å². The second-order valence-corrected chi connectivity index (χ2v) is 9.37. The van der Waals surface area contributed by atoms with Crippen LogP contribution >= 0.6 is 0 Å². The highest BCUT2D eigenvalue weighted by molar-refractivity contribution is 7.90. The lowest BCUT2D eigenvalue weighted by molar-refractivity contribution is -0.136. The van der Waals surface area contributed by atoms with Gasteiger partial charge in [-0.1, -0.05) is 13.8 Å². The molecule has 1 aromatic carbocycles. The molecule has 8 nitrogen and oxygen atoms in total. The molecule has 0 amide bonds. The molecule has 168 valence electrons. The van der Waals surface area contributed by atoms with Crippen molar-refractivity contribution in [3.63, 3.8) is 0 Å². The number of rotatable bonds is 7. The van der Waals surface area contributed by atoms with E-state index in [-0.39, 0.29) is 39.4 Å². The third-order valence-corrected chi connectivity index (χ3v) is 5.47. The Bertz CT molecular complexity index is 1210. The number of H-pyrrole nitrogens is 1. The van der Waals surface area contributed by atoms with Crippen LogP contribution in [0.25, 0.3) is 11.0 Å². The second-order valence-electron chi connectivity index (χ2n) is 7.35. The van der Waals surface area contributed by atoms with Gasteiger partial charge >= 0.3 is 6.18 Å². The van der Waals surface area contributed by atoms with Crippen LogP contribution in [-0.2, 0) is 16.0 Å². The summed E-state index contributed by atoms with van der Waals surface area (Å²) in [6.07, 6.45) is -2.65. The zero-order chi connectivity index (χ0) is 23.0. The largest absolute Gasteiger partial charge is 0.495 e. The predicted octanol–water partition coefficient (Wildman–Crippen LogP) is 4.20. The molecule has 0 spiro atoms. The predicted molar refractivity (Wildman–Crippen MR) is 112 cm³/mol. The Morgan fingerprint density at radius 2 is 1.94 bits per heavy atom. The van der Waals surface area contributed by atoms with E-state index in [0.29, 0.717) is 12.2 Å². The molecule has 2 heterocycles. The lowest BCUT2D eigenvalue weighted by atomic mass is 10.2. The Labute approximate surface area is 177 Å². The van der Waals surface area contributed by atoms with Crippen molar-refractivity contribution < 1.29 is 26.3 Å². The third kappa shape index (κ3) is 5.01. The van der Waals surface area contributed by atoms with Crippen LogP contribution in [0.3, 0.4) is 0 Å². The minimum Gasteiger partial charge on any atom is -0.495 e. The summed E-state index contributed by atoms with van der Waals surface area (Å²) in [4.78, 5) is 11.0. The monoisotopic (exact) mass is 457 g/mol. The Balaban J connectivity index is 2.07. The van der Waals surface area contributed by atoms with Gasteiger partial charge in [0.05, 0.1) is 28.6 Å². The SMILES string of the molecule is COc1cc(S(C)(=O)=O)ccc1Nc1nc(NCC(C)C)c2c(C(F)(F)F)c[nH]c2n1. The number of hydrogen-bond acceptors (Lipinski definition) is 7. The summed E-state index contributed by atoms with van der Waals surface area (Å²) in [6.45, 7) is 4.24. The first-order valence-corrected chi connectivity index (χ1v) is 11.1. The van der Waals surface area contributed by atoms with Crippen LogP contribution in [-0.4, -0.2) is 43.3 Å². The number of nitrogens with one attached hydrogen (secondary N) is 3. The summed E-state index contributed by atoms with van der Waals surface area (Å²) in [6, 6.07) is 4.19. The fraction of sp³-hybridized carbons (Fsp3) is 0.368. The van der Waals surface area contributed by atoms with E-state index in [4.69, 9.17) is 4.74 Å². The highest BCUT2D eigenvalue weighted by Crippen LogP contribution is 2.38. The van der Waals surface area contributed by atoms with Crippen molar-refractivity contribution in [3.8, 4) is 5.75 Å². The fourth-order valence-electron chi connectivity index (χ4n) is 2.87. The molecule has 0 saturated heterocycles. The van der Waals surface area contributed by atoms with E-state index in [9.17, 15) is 21.6 Å². The molecule has 3 rings (SSSR count). The van der Waals surface area contributed by atoms with Crippen molar-refractivity contribution in [3.05, 3.63) is 30.0 Å².